The summed E-state index contributed by atoms with van der Waals surface area (Å²) in [5.74, 6) is -0.456. The molecule has 0 fully saturated rings. The zero-order valence-electron chi connectivity index (χ0n) is 8.66. The molecule has 5 heteroatoms. The van der Waals surface area contributed by atoms with E-state index in [2.05, 4.69) is 25.7 Å². The lowest BCUT2D eigenvalue weighted by Crippen LogP contribution is -2.22. The predicted molar refractivity (Wildman–Crippen MR) is 64.9 cm³/mol. The molecule has 2 aromatic rings. The lowest BCUT2D eigenvalue weighted by atomic mass is 10.2. The predicted octanol–water partition coefficient (Wildman–Crippen LogP) is 2.10. The van der Waals surface area contributed by atoms with Gasteiger partial charge >= 0.3 is 5.97 Å². The highest BCUT2D eigenvalue weighted by atomic mass is 79.9. The lowest BCUT2D eigenvalue weighted by molar-refractivity contribution is -0.142. The highest BCUT2D eigenvalue weighted by molar-refractivity contribution is 9.10. The standard InChI is InChI=1S/C11H11BrN2O2/c1-16-11(15)10(13)9-5-6-7(12)3-2-4-8(6)14-9/h2-5,10,14H,13H2,1H3. The Kier molecular flexibility index (Phi) is 2.98. The number of methoxy groups -OCH3 is 1. The van der Waals surface area contributed by atoms with Crippen LogP contribution in [0.25, 0.3) is 10.9 Å². The van der Waals surface area contributed by atoms with Crippen molar-refractivity contribution < 1.29 is 9.53 Å². The highest BCUT2D eigenvalue weighted by Gasteiger charge is 2.18. The summed E-state index contributed by atoms with van der Waals surface area (Å²) in [7, 11) is 1.32. The fourth-order valence-corrected chi connectivity index (χ4v) is 2.04. The molecule has 0 amide bonds. The number of aromatic nitrogens is 1. The number of H-pyrrole nitrogens is 1. The third-order valence-electron chi connectivity index (χ3n) is 2.42. The molecule has 0 spiro atoms. The number of esters is 1. The van der Waals surface area contributed by atoms with E-state index >= 15 is 0 Å². The van der Waals surface area contributed by atoms with E-state index in [1.165, 1.54) is 7.11 Å². The molecule has 0 saturated heterocycles. The minimum atomic E-state index is -0.774. The van der Waals surface area contributed by atoms with Crippen LogP contribution in [-0.2, 0) is 9.53 Å². The first-order chi connectivity index (χ1) is 7.63. The number of carbonyl (C=O) groups excluding carboxylic acids is 1. The molecular weight excluding hydrogens is 272 g/mol. The van der Waals surface area contributed by atoms with Gasteiger partial charge in [0.2, 0.25) is 0 Å². The monoisotopic (exact) mass is 282 g/mol. The first-order valence-electron chi connectivity index (χ1n) is 4.74. The maximum atomic E-state index is 11.3. The summed E-state index contributed by atoms with van der Waals surface area (Å²) in [5, 5.41) is 0.997. The number of hydrogen-bond acceptors (Lipinski definition) is 3. The first-order valence-corrected chi connectivity index (χ1v) is 5.53. The Balaban J connectivity index is 2.47. The van der Waals surface area contributed by atoms with Crippen molar-refractivity contribution >= 4 is 32.8 Å². The van der Waals surface area contributed by atoms with Crippen LogP contribution in [0.3, 0.4) is 0 Å². The van der Waals surface area contributed by atoms with Crippen molar-refractivity contribution in [1.29, 1.82) is 0 Å². The Morgan fingerprint density at radius 2 is 2.31 bits per heavy atom. The quantitative estimate of drug-likeness (QED) is 0.829. The second kappa shape index (κ2) is 4.27. The number of nitrogens with two attached hydrogens (primary N) is 1. The maximum absolute atomic E-state index is 11.3. The van der Waals surface area contributed by atoms with E-state index < -0.39 is 12.0 Å². The van der Waals surface area contributed by atoms with Gasteiger partial charge < -0.3 is 15.5 Å². The van der Waals surface area contributed by atoms with Gasteiger partial charge in [-0.05, 0) is 18.2 Å². The van der Waals surface area contributed by atoms with Crippen molar-refractivity contribution in [3.05, 3.63) is 34.4 Å². The lowest BCUT2D eigenvalue weighted by Gasteiger charge is -2.05. The van der Waals surface area contributed by atoms with Crippen LogP contribution in [0.1, 0.15) is 11.7 Å². The summed E-state index contributed by atoms with van der Waals surface area (Å²) in [6.45, 7) is 0. The Hall–Kier alpha value is -1.33. The van der Waals surface area contributed by atoms with Crippen LogP contribution in [0.15, 0.2) is 28.7 Å². The zero-order valence-corrected chi connectivity index (χ0v) is 10.2. The number of carbonyl (C=O) groups is 1. The van der Waals surface area contributed by atoms with E-state index in [9.17, 15) is 4.79 Å². The van der Waals surface area contributed by atoms with Gasteiger partial charge in [0.15, 0.2) is 0 Å². The molecule has 84 valence electrons. The van der Waals surface area contributed by atoms with E-state index in [1.54, 1.807) is 0 Å². The number of hydrogen-bond donors (Lipinski definition) is 2. The molecular formula is C11H11BrN2O2. The normalized spacial score (nSPS) is 12.7. The van der Waals surface area contributed by atoms with Gasteiger partial charge in [-0.3, -0.25) is 0 Å². The van der Waals surface area contributed by atoms with Crippen molar-refractivity contribution in [2.75, 3.05) is 7.11 Å². The van der Waals surface area contributed by atoms with Crippen molar-refractivity contribution in [2.24, 2.45) is 5.73 Å². The molecule has 3 N–H and O–H groups in total. The number of ether oxygens (including phenoxy) is 1. The summed E-state index contributed by atoms with van der Waals surface area (Å²) < 4.78 is 5.56. The fourth-order valence-electron chi connectivity index (χ4n) is 1.56. The summed E-state index contributed by atoms with van der Waals surface area (Å²) >= 11 is 3.44. The van der Waals surface area contributed by atoms with Crippen molar-refractivity contribution in [3.63, 3.8) is 0 Å². The Labute approximate surface area is 101 Å². The highest BCUT2D eigenvalue weighted by Crippen LogP contribution is 2.26. The smallest absolute Gasteiger partial charge is 0.328 e. The number of aromatic amines is 1. The SMILES string of the molecule is COC(=O)C(N)c1cc2c(Br)cccc2[nH]1. The van der Waals surface area contributed by atoms with Crippen LogP contribution < -0.4 is 5.73 Å². The van der Waals surface area contributed by atoms with E-state index in [4.69, 9.17) is 5.73 Å². The average Bonchev–Trinajstić information content (AvgIpc) is 2.72. The Bertz CT molecular complexity index is 536. The molecule has 2 rings (SSSR count). The summed E-state index contributed by atoms with van der Waals surface area (Å²) in [6, 6.07) is 6.85. The van der Waals surface area contributed by atoms with Gasteiger partial charge in [-0.1, -0.05) is 22.0 Å². The number of benzene rings is 1. The maximum Gasteiger partial charge on any atom is 0.328 e. The summed E-state index contributed by atoms with van der Waals surface area (Å²) in [5.41, 5.74) is 7.32. The molecule has 0 bridgehead atoms. The number of rotatable bonds is 2. The van der Waals surface area contributed by atoms with E-state index in [0.29, 0.717) is 5.69 Å². The van der Waals surface area contributed by atoms with Crippen LogP contribution in [0.5, 0.6) is 0 Å². The molecule has 1 atom stereocenters. The molecule has 1 unspecified atom stereocenters. The van der Waals surface area contributed by atoms with Crippen LogP contribution in [0.2, 0.25) is 0 Å². The Morgan fingerprint density at radius 1 is 1.56 bits per heavy atom. The van der Waals surface area contributed by atoms with Crippen molar-refractivity contribution in [3.8, 4) is 0 Å². The molecule has 16 heavy (non-hydrogen) atoms. The van der Waals surface area contributed by atoms with Gasteiger partial charge in [0.25, 0.3) is 0 Å². The number of halogens is 1. The topological polar surface area (TPSA) is 68.1 Å². The van der Waals surface area contributed by atoms with Gasteiger partial charge in [0, 0.05) is 21.1 Å². The van der Waals surface area contributed by atoms with Crippen LogP contribution in [0, 0.1) is 0 Å². The molecule has 0 saturated carbocycles. The third-order valence-corrected chi connectivity index (χ3v) is 3.11. The zero-order chi connectivity index (χ0) is 11.7. The molecule has 1 heterocycles. The molecule has 0 aliphatic carbocycles. The number of fused-ring (bicyclic) bond motifs is 1. The molecule has 4 nitrogen and oxygen atoms in total. The van der Waals surface area contributed by atoms with Gasteiger partial charge in [-0.25, -0.2) is 4.79 Å². The number of nitrogens with one attached hydrogen (secondary N) is 1. The second-order valence-corrected chi connectivity index (χ2v) is 4.28. The summed E-state index contributed by atoms with van der Waals surface area (Å²) in [6.07, 6.45) is 0. The van der Waals surface area contributed by atoms with Gasteiger partial charge in [-0.2, -0.15) is 0 Å². The average molecular weight is 283 g/mol. The first kappa shape index (κ1) is 11.2. The summed E-state index contributed by atoms with van der Waals surface area (Å²) in [4.78, 5) is 14.4. The van der Waals surface area contributed by atoms with Gasteiger partial charge in [0.05, 0.1) is 7.11 Å². The molecule has 0 aliphatic rings. The molecule has 0 radical (unpaired) electrons. The van der Waals surface area contributed by atoms with Crippen LogP contribution in [0.4, 0.5) is 0 Å². The van der Waals surface area contributed by atoms with E-state index in [-0.39, 0.29) is 0 Å². The van der Waals surface area contributed by atoms with Gasteiger partial charge in [0.1, 0.15) is 6.04 Å². The minimum Gasteiger partial charge on any atom is -0.468 e. The van der Waals surface area contributed by atoms with Crippen LogP contribution in [-0.4, -0.2) is 18.1 Å². The molecule has 1 aromatic heterocycles. The van der Waals surface area contributed by atoms with Crippen molar-refractivity contribution in [2.45, 2.75) is 6.04 Å². The van der Waals surface area contributed by atoms with E-state index in [1.807, 2.05) is 24.3 Å². The van der Waals surface area contributed by atoms with Crippen molar-refractivity contribution in [1.82, 2.24) is 4.98 Å². The van der Waals surface area contributed by atoms with Crippen LogP contribution >= 0.6 is 15.9 Å². The van der Waals surface area contributed by atoms with E-state index in [0.717, 1.165) is 15.4 Å². The third kappa shape index (κ3) is 1.83. The Morgan fingerprint density at radius 3 is 2.94 bits per heavy atom. The molecule has 1 aromatic carbocycles. The fraction of sp³-hybridized carbons (Fsp3) is 0.182. The molecule has 0 aliphatic heterocycles. The van der Waals surface area contributed by atoms with Gasteiger partial charge in [-0.15, -0.1) is 0 Å². The largest absolute Gasteiger partial charge is 0.468 e. The minimum absolute atomic E-state index is 0.456. The second-order valence-electron chi connectivity index (χ2n) is 3.43.